The third-order valence-electron chi connectivity index (χ3n) is 5.23. The molecular weight excluding hydrogens is 421 g/mol. The van der Waals surface area contributed by atoms with E-state index in [0.29, 0.717) is 25.3 Å². The molecule has 1 aromatic carbocycles. The Bertz CT molecular complexity index is 1140. The summed E-state index contributed by atoms with van der Waals surface area (Å²) >= 11 is 0. The third-order valence-corrected chi connectivity index (χ3v) is 5.23. The molecule has 2 N–H and O–H groups in total. The molecule has 1 aliphatic carbocycles. The number of halogens is 5. The molecule has 31 heavy (non-hydrogen) atoms. The lowest BCUT2D eigenvalue weighted by Crippen LogP contribution is -2.24. The van der Waals surface area contributed by atoms with Gasteiger partial charge < -0.3 is 10.4 Å². The summed E-state index contributed by atoms with van der Waals surface area (Å²) in [6.07, 6.45) is -2.80. The zero-order chi connectivity index (χ0) is 22.3. The van der Waals surface area contributed by atoms with Crippen molar-refractivity contribution in [1.29, 1.82) is 0 Å². The van der Waals surface area contributed by atoms with Gasteiger partial charge in [0.05, 0.1) is 11.3 Å². The maximum atomic E-state index is 13.0. The van der Waals surface area contributed by atoms with E-state index >= 15 is 0 Å². The number of phenolic OH excluding ortho intramolecular Hbond substituents is 1. The molecule has 0 radical (unpaired) electrons. The van der Waals surface area contributed by atoms with E-state index < -0.39 is 23.6 Å². The van der Waals surface area contributed by atoms with Crippen LogP contribution in [0.3, 0.4) is 0 Å². The lowest BCUT2D eigenvalue weighted by Gasteiger charge is -2.23. The number of aryl methyl sites for hydroxylation is 1. The Balaban J connectivity index is 1.62. The smallest absolute Gasteiger partial charge is 0.416 e. The molecule has 6 nitrogen and oxygen atoms in total. The fraction of sp³-hybridized carbons (Fsp3) is 0.350. The number of hydrogen-bond acceptors (Lipinski definition) is 5. The number of nitrogens with zero attached hydrogens (tertiary/aromatic N) is 4. The highest BCUT2D eigenvalue weighted by Gasteiger charge is 2.32. The van der Waals surface area contributed by atoms with Gasteiger partial charge in [0.1, 0.15) is 5.75 Å². The van der Waals surface area contributed by atoms with E-state index in [1.54, 1.807) is 0 Å². The van der Waals surface area contributed by atoms with Crippen LogP contribution in [-0.2, 0) is 6.18 Å². The Kier molecular flexibility index (Phi) is 5.28. The van der Waals surface area contributed by atoms with E-state index in [0.717, 1.165) is 6.07 Å². The molecule has 1 aliphatic rings. The lowest BCUT2D eigenvalue weighted by molar-refractivity contribution is -0.137. The van der Waals surface area contributed by atoms with Crippen molar-refractivity contribution in [3.8, 4) is 17.0 Å². The van der Waals surface area contributed by atoms with Crippen molar-refractivity contribution < 1.29 is 27.1 Å². The van der Waals surface area contributed by atoms with Crippen LogP contribution in [-0.4, -0.2) is 30.7 Å². The van der Waals surface area contributed by atoms with E-state index in [-0.39, 0.29) is 46.6 Å². The predicted molar refractivity (Wildman–Crippen MR) is 103 cm³/mol. The van der Waals surface area contributed by atoms with Gasteiger partial charge in [-0.3, -0.25) is 0 Å². The van der Waals surface area contributed by atoms with Crippen molar-refractivity contribution in [2.45, 2.75) is 44.8 Å². The molecule has 1 fully saturated rings. The molecule has 0 spiro atoms. The maximum Gasteiger partial charge on any atom is 0.416 e. The van der Waals surface area contributed by atoms with Gasteiger partial charge >= 0.3 is 6.18 Å². The topological polar surface area (TPSA) is 75.3 Å². The number of nitrogens with one attached hydrogen (secondary N) is 1. The highest BCUT2D eigenvalue weighted by atomic mass is 19.4. The molecule has 164 valence electrons. The quantitative estimate of drug-likeness (QED) is 0.540. The zero-order valence-electron chi connectivity index (χ0n) is 16.3. The third kappa shape index (κ3) is 4.30. The van der Waals surface area contributed by atoms with Crippen molar-refractivity contribution in [3.05, 3.63) is 47.2 Å². The average Bonchev–Trinajstić information content (AvgIpc) is 3.08. The number of aromatic hydroxyl groups is 1. The maximum absolute atomic E-state index is 13.0. The lowest BCUT2D eigenvalue weighted by atomic mass is 9.91. The van der Waals surface area contributed by atoms with Crippen molar-refractivity contribution in [1.82, 2.24) is 19.6 Å². The molecule has 0 unspecified atom stereocenters. The van der Waals surface area contributed by atoms with E-state index in [1.165, 1.54) is 23.7 Å². The minimum Gasteiger partial charge on any atom is -0.507 e. The minimum absolute atomic E-state index is 0.126. The van der Waals surface area contributed by atoms with Crippen molar-refractivity contribution in [2.75, 3.05) is 5.32 Å². The molecule has 1 saturated carbocycles. The highest BCUT2D eigenvalue weighted by molar-refractivity contribution is 5.72. The molecule has 11 heteroatoms. The fourth-order valence-corrected chi connectivity index (χ4v) is 3.78. The molecular formula is C20H18F5N5O. The second-order valence-corrected chi connectivity index (χ2v) is 7.48. The first kappa shape index (κ1) is 21.0. The highest BCUT2D eigenvalue weighted by Crippen LogP contribution is 2.38. The van der Waals surface area contributed by atoms with E-state index in [2.05, 4.69) is 20.4 Å². The largest absolute Gasteiger partial charge is 0.507 e. The van der Waals surface area contributed by atoms with Crippen molar-refractivity contribution in [3.63, 3.8) is 0 Å². The summed E-state index contributed by atoms with van der Waals surface area (Å²) < 4.78 is 66.0. The van der Waals surface area contributed by atoms with Crippen LogP contribution >= 0.6 is 0 Å². The Morgan fingerprint density at radius 3 is 2.68 bits per heavy atom. The number of phenols is 1. The zero-order valence-corrected chi connectivity index (χ0v) is 16.3. The standard InChI is InChI=1S/C20H18F5N5O/c1-10-7-12(20(23,24)25)9-15(31)16(10)14-5-6-30-19(27-14)28-18(29-30)26-13-4-2-3-11(8-13)17(21)22/h5-7,9,13,31H,2-4,8H2,1H3,(H,26,29)/t13-/m1/s1. The summed E-state index contributed by atoms with van der Waals surface area (Å²) in [6, 6.07) is 2.86. The summed E-state index contributed by atoms with van der Waals surface area (Å²) in [7, 11) is 0. The number of anilines is 1. The number of aromatic nitrogens is 4. The van der Waals surface area contributed by atoms with Crippen molar-refractivity contribution in [2.24, 2.45) is 0 Å². The van der Waals surface area contributed by atoms with Crippen LogP contribution in [0.15, 0.2) is 36.0 Å². The number of alkyl halides is 3. The Hall–Kier alpha value is -3.24. The number of fused-ring (bicyclic) bond motifs is 1. The van der Waals surface area contributed by atoms with Crippen LogP contribution in [0.4, 0.5) is 27.9 Å². The minimum atomic E-state index is -4.58. The summed E-state index contributed by atoms with van der Waals surface area (Å²) in [5.41, 5.74) is -0.226. The summed E-state index contributed by atoms with van der Waals surface area (Å²) in [4.78, 5) is 8.54. The Morgan fingerprint density at radius 1 is 1.23 bits per heavy atom. The Labute approximate surface area is 173 Å². The van der Waals surface area contributed by atoms with Crippen LogP contribution in [0.1, 0.15) is 36.8 Å². The number of rotatable bonds is 3. The Morgan fingerprint density at radius 2 is 2.00 bits per heavy atom. The molecule has 2 aromatic heterocycles. The van der Waals surface area contributed by atoms with Crippen LogP contribution in [0.2, 0.25) is 0 Å². The molecule has 0 bridgehead atoms. The first-order valence-corrected chi connectivity index (χ1v) is 9.56. The second kappa shape index (κ2) is 7.78. The van der Waals surface area contributed by atoms with Crippen LogP contribution in [0, 0.1) is 6.92 Å². The molecule has 3 aromatic rings. The van der Waals surface area contributed by atoms with Gasteiger partial charge in [-0.25, -0.2) is 9.50 Å². The fourth-order valence-electron chi connectivity index (χ4n) is 3.78. The van der Waals surface area contributed by atoms with E-state index in [1.807, 2.05) is 0 Å². The molecule has 0 amide bonds. The SMILES string of the molecule is Cc1cc(C(F)(F)F)cc(O)c1-c1ccn2nc(N[C@@H]3CCCC(=C(F)F)C3)nc2n1. The van der Waals surface area contributed by atoms with Crippen LogP contribution < -0.4 is 5.32 Å². The van der Waals surface area contributed by atoms with Crippen LogP contribution in [0.5, 0.6) is 5.75 Å². The van der Waals surface area contributed by atoms with Gasteiger partial charge in [0.15, 0.2) is 0 Å². The summed E-state index contributed by atoms with van der Waals surface area (Å²) in [5, 5.41) is 17.4. The first-order valence-electron chi connectivity index (χ1n) is 9.56. The van der Waals surface area contributed by atoms with Gasteiger partial charge in [0.2, 0.25) is 5.95 Å². The van der Waals surface area contributed by atoms with Gasteiger partial charge in [-0.15, -0.1) is 5.10 Å². The second-order valence-electron chi connectivity index (χ2n) is 7.48. The van der Waals surface area contributed by atoms with Crippen LogP contribution in [0.25, 0.3) is 17.0 Å². The summed E-state index contributed by atoms with van der Waals surface area (Å²) in [6.45, 7) is 1.45. The number of benzene rings is 1. The molecule has 0 saturated heterocycles. The van der Waals surface area contributed by atoms with Gasteiger partial charge in [-0.2, -0.15) is 26.9 Å². The molecule has 0 aliphatic heterocycles. The average molecular weight is 439 g/mol. The monoisotopic (exact) mass is 439 g/mol. The summed E-state index contributed by atoms with van der Waals surface area (Å²) in [5.74, 6) is -0.178. The molecule has 2 heterocycles. The van der Waals surface area contributed by atoms with Gasteiger partial charge in [0.25, 0.3) is 11.9 Å². The van der Waals surface area contributed by atoms with E-state index in [9.17, 15) is 27.1 Å². The van der Waals surface area contributed by atoms with Crippen molar-refractivity contribution >= 4 is 11.7 Å². The normalized spacial score (nSPS) is 17.2. The van der Waals surface area contributed by atoms with E-state index in [4.69, 9.17) is 0 Å². The van der Waals surface area contributed by atoms with Gasteiger partial charge in [-0.1, -0.05) is 0 Å². The molecule has 1 atom stereocenters. The predicted octanol–water partition coefficient (Wildman–Crippen LogP) is 5.33. The van der Waals surface area contributed by atoms with Gasteiger partial charge in [-0.05, 0) is 61.9 Å². The first-order chi connectivity index (χ1) is 14.6. The van der Waals surface area contributed by atoms with Gasteiger partial charge in [0, 0.05) is 17.8 Å². The molecule has 4 rings (SSSR count). The number of hydrogen-bond donors (Lipinski definition) is 2.